The maximum absolute atomic E-state index is 13.2. The largest absolute Gasteiger partial charge is 0.539 e. The van der Waals surface area contributed by atoms with Crippen LogP contribution >= 0.6 is 11.8 Å². The monoisotopic (exact) mass is 502 g/mol. The standard InChI is InChI=1S/C25H18N4O6S/c1-33-18-11-9-17(10-12-18)29-22(24(32)35-27-29)21(30)15-36-25-26-20(14-19-8-5-13-34-19)23(31)28(25)16-6-3-2-4-7-16/h2-14H,15H2,1H3/b20-14+. The maximum atomic E-state index is 13.2. The normalized spacial score (nSPS) is 14.4. The molecule has 3 heterocycles. The summed E-state index contributed by atoms with van der Waals surface area (Å²) in [6.45, 7) is 0. The van der Waals surface area contributed by atoms with Crippen LogP contribution in [0.1, 0.15) is 16.2 Å². The highest BCUT2D eigenvalue weighted by molar-refractivity contribution is 8.14. The molecule has 0 fully saturated rings. The predicted octanol–water partition coefficient (Wildman–Crippen LogP) is 2.99. The minimum absolute atomic E-state index is 0.159. The number of hydrogen-bond donors (Lipinski definition) is 0. The summed E-state index contributed by atoms with van der Waals surface area (Å²) in [5.74, 6) is -0.866. The molecule has 1 amide bonds. The van der Waals surface area contributed by atoms with Crippen LogP contribution in [0.25, 0.3) is 11.8 Å². The molecule has 2 aromatic carbocycles. The lowest BCUT2D eigenvalue weighted by Gasteiger charge is -2.17. The molecular weight excluding hydrogens is 484 g/mol. The molecule has 0 atom stereocenters. The van der Waals surface area contributed by atoms with Gasteiger partial charge in [0.1, 0.15) is 17.2 Å². The number of benzene rings is 2. The van der Waals surface area contributed by atoms with E-state index in [9.17, 15) is 14.7 Å². The number of carbonyl (C=O) groups excluding carboxylic acids is 2. The van der Waals surface area contributed by atoms with Gasteiger partial charge in [0.05, 0.1) is 30.1 Å². The smallest absolute Gasteiger partial charge is 0.307 e. The van der Waals surface area contributed by atoms with Crippen LogP contribution in [0.2, 0.25) is 0 Å². The van der Waals surface area contributed by atoms with Crippen LogP contribution < -0.4 is 19.4 Å². The molecule has 0 spiro atoms. The van der Waals surface area contributed by atoms with E-state index in [2.05, 4.69) is 10.3 Å². The van der Waals surface area contributed by atoms with Gasteiger partial charge in [0.25, 0.3) is 5.91 Å². The third-order valence-corrected chi connectivity index (χ3v) is 6.13. The van der Waals surface area contributed by atoms with Crippen molar-refractivity contribution in [2.45, 2.75) is 0 Å². The maximum Gasteiger partial charge on any atom is 0.307 e. The van der Waals surface area contributed by atoms with Gasteiger partial charge in [0, 0.05) is 18.2 Å². The number of methoxy groups -OCH3 is 1. The Balaban J connectivity index is 1.41. The number of aromatic nitrogens is 2. The summed E-state index contributed by atoms with van der Waals surface area (Å²) >= 11 is 1.02. The van der Waals surface area contributed by atoms with Crippen molar-refractivity contribution in [2.24, 2.45) is 4.99 Å². The number of thioether (sulfide) groups is 1. The topological polar surface area (TPSA) is 125 Å². The summed E-state index contributed by atoms with van der Waals surface area (Å²) in [7, 11) is 1.53. The number of furan rings is 1. The van der Waals surface area contributed by atoms with Crippen molar-refractivity contribution in [3.05, 3.63) is 90.1 Å². The van der Waals surface area contributed by atoms with Crippen LogP contribution in [0.5, 0.6) is 11.7 Å². The molecule has 11 heteroatoms. The first-order valence-corrected chi connectivity index (χ1v) is 11.7. The Morgan fingerprint density at radius 1 is 1.14 bits per heavy atom. The fourth-order valence-corrected chi connectivity index (χ4v) is 4.36. The molecule has 0 radical (unpaired) electrons. The Morgan fingerprint density at radius 2 is 1.92 bits per heavy atom. The molecule has 0 saturated carbocycles. The SMILES string of the molecule is COc1ccc(-[n+]2noc([O-])c2C(=O)CSC2=N/C(=C/c3ccco3)C(=O)N2c2ccccc2)cc1. The second-order valence-electron chi connectivity index (χ2n) is 7.45. The van der Waals surface area contributed by atoms with Crippen LogP contribution in [0, 0.1) is 0 Å². The lowest BCUT2D eigenvalue weighted by atomic mass is 10.2. The van der Waals surface area contributed by atoms with Gasteiger partial charge in [0.2, 0.25) is 11.5 Å². The average Bonchev–Trinajstić information content (AvgIpc) is 3.63. The highest BCUT2D eigenvalue weighted by Gasteiger charge is 2.34. The quantitative estimate of drug-likeness (QED) is 0.215. The number of Topliss-reactive ketones (excluding diaryl/α,β-unsaturated/α-hetero) is 1. The fraction of sp³-hybridized carbons (Fsp3) is 0.0800. The average molecular weight is 503 g/mol. The third kappa shape index (κ3) is 4.51. The van der Waals surface area contributed by atoms with Gasteiger partial charge in [-0.05, 0) is 41.1 Å². The van der Waals surface area contributed by atoms with E-state index in [1.807, 2.05) is 6.07 Å². The van der Waals surface area contributed by atoms with E-state index >= 15 is 0 Å². The Kier molecular flexibility index (Phi) is 6.37. The molecule has 5 rings (SSSR count). The lowest BCUT2D eigenvalue weighted by Crippen LogP contribution is -2.39. The summed E-state index contributed by atoms with van der Waals surface area (Å²) < 4.78 is 16.4. The Labute approximate surface area is 209 Å². The molecule has 36 heavy (non-hydrogen) atoms. The van der Waals surface area contributed by atoms with Gasteiger partial charge in [-0.25, -0.2) is 4.99 Å². The van der Waals surface area contributed by atoms with Crippen molar-refractivity contribution in [1.29, 1.82) is 0 Å². The number of carbonyl (C=O) groups is 2. The van der Waals surface area contributed by atoms with Crippen molar-refractivity contribution in [3.63, 3.8) is 0 Å². The van der Waals surface area contributed by atoms with E-state index in [4.69, 9.17) is 13.7 Å². The second-order valence-corrected chi connectivity index (χ2v) is 8.39. The van der Waals surface area contributed by atoms with Gasteiger partial charge < -0.3 is 18.8 Å². The first-order chi connectivity index (χ1) is 17.5. The van der Waals surface area contributed by atoms with Crippen LogP contribution in [-0.4, -0.2) is 35.0 Å². The van der Waals surface area contributed by atoms with Gasteiger partial charge in [0.15, 0.2) is 11.1 Å². The number of hydrogen-bond acceptors (Lipinski definition) is 9. The van der Waals surface area contributed by atoms with Gasteiger partial charge >= 0.3 is 5.69 Å². The van der Waals surface area contributed by atoms with E-state index in [0.29, 0.717) is 22.9 Å². The van der Waals surface area contributed by atoms with Crippen LogP contribution in [0.3, 0.4) is 0 Å². The molecule has 0 N–H and O–H groups in total. The van der Waals surface area contributed by atoms with Gasteiger partial charge in [-0.15, -0.1) is 0 Å². The molecule has 0 saturated heterocycles. The van der Waals surface area contributed by atoms with E-state index in [1.54, 1.807) is 60.7 Å². The molecule has 4 aromatic rings. The van der Waals surface area contributed by atoms with Gasteiger partial charge in [-0.2, -0.15) is 0 Å². The van der Waals surface area contributed by atoms with Crippen molar-refractivity contribution in [3.8, 4) is 17.4 Å². The highest BCUT2D eigenvalue weighted by Crippen LogP contribution is 2.30. The molecular formula is C25H18N4O6S. The molecule has 180 valence electrons. The van der Waals surface area contributed by atoms with E-state index in [0.717, 1.165) is 16.4 Å². The number of para-hydroxylation sites is 1. The minimum atomic E-state index is -0.862. The highest BCUT2D eigenvalue weighted by atomic mass is 32.2. The Bertz CT molecular complexity index is 1460. The number of ketones is 1. The van der Waals surface area contributed by atoms with E-state index in [-0.39, 0.29) is 28.2 Å². The van der Waals surface area contributed by atoms with Crippen LogP contribution in [0.4, 0.5) is 5.69 Å². The molecule has 2 aromatic heterocycles. The lowest BCUT2D eigenvalue weighted by molar-refractivity contribution is -0.672. The summed E-state index contributed by atoms with van der Waals surface area (Å²) in [5.41, 5.74) is 0.964. The molecule has 10 nitrogen and oxygen atoms in total. The summed E-state index contributed by atoms with van der Waals surface area (Å²) in [5, 5.41) is 16.3. The predicted molar refractivity (Wildman–Crippen MR) is 129 cm³/mol. The Hall–Kier alpha value is -4.64. The van der Waals surface area contributed by atoms with E-state index in [1.165, 1.54) is 24.3 Å². The first-order valence-electron chi connectivity index (χ1n) is 10.7. The number of ether oxygens (including phenoxy) is 1. The zero-order valence-electron chi connectivity index (χ0n) is 18.9. The number of nitrogens with zero attached hydrogens (tertiary/aromatic N) is 4. The number of anilines is 1. The van der Waals surface area contributed by atoms with E-state index < -0.39 is 11.7 Å². The number of rotatable bonds is 7. The summed E-state index contributed by atoms with van der Waals surface area (Å²) in [6, 6.07) is 19.0. The van der Waals surface area contributed by atoms with Gasteiger partial charge in [-0.1, -0.05) is 30.0 Å². The van der Waals surface area contributed by atoms with Crippen LogP contribution in [-0.2, 0) is 4.79 Å². The minimum Gasteiger partial charge on any atom is -0.539 e. The zero-order valence-corrected chi connectivity index (χ0v) is 19.7. The van der Waals surface area contributed by atoms with Crippen molar-refractivity contribution >= 4 is 40.4 Å². The molecule has 0 unspecified atom stereocenters. The number of amides is 1. The van der Waals surface area contributed by atoms with Crippen molar-refractivity contribution in [2.75, 3.05) is 17.8 Å². The summed E-state index contributed by atoms with van der Waals surface area (Å²) in [6.07, 6.45) is 3.03. The van der Waals surface area contributed by atoms with Crippen molar-refractivity contribution in [1.82, 2.24) is 5.27 Å². The molecule has 0 aliphatic carbocycles. The van der Waals surface area contributed by atoms with Crippen LogP contribution in [0.15, 0.2) is 92.6 Å². The van der Waals surface area contributed by atoms with Crippen molar-refractivity contribution < 1.29 is 33.1 Å². The number of amidine groups is 1. The molecule has 1 aliphatic heterocycles. The summed E-state index contributed by atoms with van der Waals surface area (Å²) in [4.78, 5) is 32.1. The Morgan fingerprint density at radius 3 is 2.61 bits per heavy atom. The van der Waals surface area contributed by atoms with Gasteiger partial charge in [-0.3, -0.25) is 14.5 Å². The number of aliphatic imine (C=N–C) groups is 1. The second kappa shape index (κ2) is 9.92. The molecule has 0 bridgehead atoms. The zero-order chi connectivity index (χ0) is 25.1. The first kappa shape index (κ1) is 23.1. The molecule has 1 aliphatic rings. The third-order valence-electron chi connectivity index (χ3n) is 5.19. The fourth-order valence-electron chi connectivity index (χ4n) is 3.48.